The quantitative estimate of drug-likeness (QED) is 0.826. The minimum Gasteiger partial charge on any atom is -0.341 e. The van der Waals surface area contributed by atoms with Crippen molar-refractivity contribution in [2.24, 2.45) is 5.92 Å². The fourth-order valence-corrected chi connectivity index (χ4v) is 2.10. The van der Waals surface area contributed by atoms with Gasteiger partial charge in [-0.05, 0) is 32.2 Å². The van der Waals surface area contributed by atoms with Gasteiger partial charge in [-0.15, -0.1) is 12.4 Å². The molecule has 0 aromatic carbocycles. The van der Waals surface area contributed by atoms with E-state index in [1.807, 2.05) is 4.90 Å². The Morgan fingerprint density at radius 3 is 2.56 bits per heavy atom. The molecule has 0 aliphatic carbocycles. The summed E-state index contributed by atoms with van der Waals surface area (Å²) in [5, 5.41) is 3.32. The fourth-order valence-electron chi connectivity index (χ4n) is 2.10. The molecular formula is C12H25ClN2O. The third-order valence-electron chi connectivity index (χ3n) is 2.89. The normalized spacial score (nSPS) is 20.4. The van der Waals surface area contributed by atoms with Crippen LogP contribution in [0.3, 0.4) is 0 Å². The predicted molar refractivity (Wildman–Crippen MR) is 70.0 cm³/mol. The SMILES string of the molecule is CCN(CC(C)C)C(=O)[C@H]1CCCCN1.Cl. The van der Waals surface area contributed by atoms with Crippen molar-refractivity contribution in [3.8, 4) is 0 Å². The third kappa shape index (κ3) is 4.71. The standard InChI is InChI=1S/C12H24N2O.ClH/c1-4-14(9-10(2)3)12(15)11-7-5-6-8-13-11;/h10-11,13H,4-9H2,1-3H3;1H/t11-;/m1./s1. The summed E-state index contributed by atoms with van der Waals surface area (Å²) in [7, 11) is 0. The van der Waals surface area contributed by atoms with E-state index in [1.165, 1.54) is 12.8 Å². The minimum absolute atomic E-state index is 0. The van der Waals surface area contributed by atoms with Gasteiger partial charge in [0, 0.05) is 13.1 Å². The van der Waals surface area contributed by atoms with Crippen molar-refractivity contribution in [2.45, 2.75) is 46.1 Å². The van der Waals surface area contributed by atoms with E-state index in [4.69, 9.17) is 0 Å². The average molecular weight is 249 g/mol. The van der Waals surface area contributed by atoms with Gasteiger partial charge in [0.2, 0.25) is 5.91 Å². The summed E-state index contributed by atoms with van der Waals surface area (Å²) in [6, 6.07) is 0.0810. The summed E-state index contributed by atoms with van der Waals surface area (Å²) >= 11 is 0. The molecular weight excluding hydrogens is 224 g/mol. The first kappa shape index (κ1) is 15.7. The molecule has 1 saturated heterocycles. The monoisotopic (exact) mass is 248 g/mol. The highest BCUT2D eigenvalue weighted by Crippen LogP contribution is 2.11. The Hall–Kier alpha value is -0.280. The molecule has 0 bridgehead atoms. The average Bonchev–Trinajstić information content (AvgIpc) is 2.26. The number of piperidine rings is 1. The molecule has 1 fully saturated rings. The molecule has 0 unspecified atom stereocenters. The molecule has 0 aromatic heterocycles. The van der Waals surface area contributed by atoms with Crippen LogP contribution in [0.1, 0.15) is 40.0 Å². The summed E-state index contributed by atoms with van der Waals surface area (Å²) < 4.78 is 0. The molecule has 1 atom stereocenters. The number of carbonyl (C=O) groups is 1. The summed E-state index contributed by atoms with van der Waals surface area (Å²) in [5.74, 6) is 0.850. The van der Waals surface area contributed by atoms with Gasteiger partial charge >= 0.3 is 0 Å². The van der Waals surface area contributed by atoms with Gasteiger partial charge in [0.05, 0.1) is 6.04 Å². The molecule has 0 spiro atoms. The number of likely N-dealkylation sites (N-methyl/N-ethyl adjacent to an activating group) is 1. The number of hydrogen-bond donors (Lipinski definition) is 1. The van der Waals surface area contributed by atoms with Gasteiger partial charge in [-0.3, -0.25) is 4.79 Å². The van der Waals surface area contributed by atoms with E-state index < -0.39 is 0 Å². The molecule has 4 heteroatoms. The molecule has 16 heavy (non-hydrogen) atoms. The number of halogens is 1. The van der Waals surface area contributed by atoms with E-state index >= 15 is 0 Å². The number of nitrogens with one attached hydrogen (secondary N) is 1. The molecule has 96 valence electrons. The lowest BCUT2D eigenvalue weighted by molar-refractivity contribution is -0.134. The Bertz CT molecular complexity index is 203. The van der Waals surface area contributed by atoms with Crippen LogP contribution < -0.4 is 5.32 Å². The number of hydrogen-bond acceptors (Lipinski definition) is 2. The minimum atomic E-state index is 0. The highest BCUT2D eigenvalue weighted by atomic mass is 35.5. The Morgan fingerprint density at radius 1 is 1.44 bits per heavy atom. The van der Waals surface area contributed by atoms with Crippen LogP contribution in [0.4, 0.5) is 0 Å². The lowest BCUT2D eigenvalue weighted by Gasteiger charge is -2.30. The number of carbonyl (C=O) groups excluding carboxylic acids is 1. The highest BCUT2D eigenvalue weighted by Gasteiger charge is 2.24. The maximum absolute atomic E-state index is 12.1. The van der Waals surface area contributed by atoms with Crippen LogP contribution in [0, 0.1) is 5.92 Å². The van der Waals surface area contributed by atoms with Crippen LogP contribution in [0.15, 0.2) is 0 Å². The molecule has 1 rings (SSSR count). The van der Waals surface area contributed by atoms with E-state index in [9.17, 15) is 4.79 Å². The van der Waals surface area contributed by atoms with Crippen LogP contribution in [-0.4, -0.2) is 36.5 Å². The number of amides is 1. The van der Waals surface area contributed by atoms with Crippen molar-refractivity contribution in [3.63, 3.8) is 0 Å². The Kier molecular flexibility index (Phi) is 7.77. The molecule has 1 amide bonds. The smallest absolute Gasteiger partial charge is 0.239 e. The zero-order valence-electron chi connectivity index (χ0n) is 10.7. The van der Waals surface area contributed by atoms with Crippen LogP contribution in [0.25, 0.3) is 0 Å². The topological polar surface area (TPSA) is 32.3 Å². The van der Waals surface area contributed by atoms with Crippen LogP contribution >= 0.6 is 12.4 Å². The van der Waals surface area contributed by atoms with Gasteiger partial charge < -0.3 is 10.2 Å². The number of rotatable bonds is 4. The second-order valence-electron chi connectivity index (χ2n) is 4.77. The zero-order valence-corrected chi connectivity index (χ0v) is 11.5. The van der Waals surface area contributed by atoms with E-state index in [-0.39, 0.29) is 18.4 Å². The first-order chi connectivity index (χ1) is 7.15. The summed E-state index contributed by atoms with van der Waals surface area (Å²) in [4.78, 5) is 14.1. The molecule has 1 N–H and O–H groups in total. The maximum atomic E-state index is 12.1. The Balaban J connectivity index is 0.00000225. The van der Waals surface area contributed by atoms with Crippen molar-refractivity contribution in [1.82, 2.24) is 10.2 Å². The highest BCUT2D eigenvalue weighted by molar-refractivity contribution is 5.85. The van der Waals surface area contributed by atoms with E-state index in [0.717, 1.165) is 26.1 Å². The molecule has 1 aliphatic rings. The summed E-state index contributed by atoms with van der Waals surface area (Å²) in [6.07, 6.45) is 3.40. The van der Waals surface area contributed by atoms with Crippen molar-refractivity contribution < 1.29 is 4.79 Å². The van der Waals surface area contributed by atoms with E-state index in [0.29, 0.717) is 11.8 Å². The van der Waals surface area contributed by atoms with Gasteiger partial charge in [0.1, 0.15) is 0 Å². The third-order valence-corrected chi connectivity index (χ3v) is 2.89. The fraction of sp³-hybridized carbons (Fsp3) is 0.917. The van der Waals surface area contributed by atoms with Crippen molar-refractivity contribution in [3.05, 3.63) is 0 Å². The summed E-state index contributed by atoms with van der Waals surface area (Å²) in [6.45, 7) is 9.08. The molecule has 0 radical (unpaired) electrons. The Labute approximate surface area is 105 Å². The Morgan fingerprint density at radius 2 is 2.12 bits per heavy atom. The lowest BCUT2D eigenvalue weighted by atomic mass is 10.0. The second kappa shape index (κ2) is 7.91. The van der Waals surface area contributed by atoms with Crippen molar-refractivity contribution >= 4 is 18.3 Å². The molecule has 0 saturated carbocycles. The maximum Gasteiger partial charge on any atom is 0.239 e. The second-order valence-corrected chi connectivity index (χ2v) is 4.77. The number of nitrogens with zero attached hydrogens (tertiary/aromatic N) is 1. The first-order valence-electron chi connectivity index (χ1n) is 6.17. The molecule has 0 aromatic rings. The van der Waals surface area contributed by atoms with Crippen LogP contribution in [0.5, 0.6) is 0 Å². The van der Waals surface area contributed by atoms with Crippen LogP contribution in [-0.2, 0) is 4.79 Å². The van der Waals surface area contributed by atoms with Crippen molar-refractivity contribution in [1.29, 1.82) is 0 Å². The van der Waals surface area contributed by atoms with Gasteiger partial charge in [-0.2, -0.15) is 0 Å². The van der Waals surface area contributed by atoms with E-state index in [1.54, 1.807) is 0 Å². The molecule has 1 heterocycles. The van der Waals surface area contributed by atoms with Crippen LogP contribution in [0.2, 0.25) is 0 Å². The first-order valence-corrected chi connectivity index (χ1v) is 6.17. The van der Waals surface area contributed by atoms with Crippen molar-refractivity contribution in [2.75, 3.05) is 19.6 Å². The lowest BCUT2D eigenvalue weighted by Crippen LogP contribution is -2.49. The molecule has 3 nitrogen and oxygen atoms in total. The molecule has 1 aliphatic heterocycles. The zero-order chi connectivity index (χ0) is 11.3. The van der Waals surface area contributed by atoms with Gasteiger partial charge in [0.25, 0.3) is 0 Å². The van der Waals surface area contributed by atoms with Gasteiger partial charge in [0.15, 0.2) is 0 Å². The van der Waals surface area contributed by atoms with E-state index in [2.05, 4.69) is 26.1 Å². The summed E-state index contributed by atoms with van der Waals surface area (Å²) in [5.41, 5.74) is 0. The largest absolute Gasteiger partial charge is 0.341 e. The van der Waals surface area contributed by atoms with Gasteiger partial charge in [-0.25, -0.2) is 0 Å². The van der Waals surface area contributed by atoms with Gasteiger partial charge in [-0.1, -0.05) is 20.3 Å². The predicted octanol–water partition coefficient (Wildman–Crippen LogP) is 2.05.